The second kappa shape index (κ2) is 6.96. The van der Waals surface area contributed by atoms with E-state index in [0.29, 0.717) is 17.9 Å². The lowest BCUT2D eigenvalue weighted by molar-refractivity contribution is -0.159. The number of piperidine rings is 2. The molecule has 3 saturated heterocycles. The Kier molecular flexibility index (Phi) is 4.45. The van der Waals surface area contributed by atoms with Crippen LogP contribution < -0.4 is 0 Å². The first-order valence-electron chi connectivity index (χ1n) is 10.9. The Labute approximate surface area is 161 Å². The number of fused-ring (bicyclic) bond motifs is 3. The van der Waals surface area contributed by atoms with E-state index in [1.54, 1.807) is 0 Å². The number of carbonyl (C=O) groups is 2. The zero-order chi connectivity index (χ0) is 18.4. The van der Waals surface area contributed by atoms with Gasteiger partial charge >= 0.3 is 0 Å². The van der Waals surface area contributed by atoms with Crippen molar-refractivity contribution in [2.75, 3.05) is 13.1 Å². The molecule has 5 aliphatic rings. The molecule has 0 N–H and O–H groups in total. The number of carbonyl (C=O) groups excluding carboxylic acids is 2. The largest absolute Gasteiger partial charge is 0.341 e. The van der Waals surface area contributed by atoms with Crippen molar-refractivity contribution < 1.29 is 9.59 Å². The molecule has 3 heterocycles. The summed E-state index contributed by atoms with van der Waals surface area (Å²) in [6, 6.07) is 10.6. The Morgan fingerprint density at radius 2 is 1.63 bits per heavy atom. The number of rotatable bonds is 4. The highest BCUT2D eigenvalue weighted by molar-refractivity contribution is 5.91. The van der Waals surface area contributed by atoms with Crippen LogP contribution in [0.25, 0.3) is 0 Å². The average molecular weight is 367 g/mol. The van der Waals surface area contributed by atoms with Gasteiger partial charge in [-0.2, -0.15) is 0 Å². The van der Waals surface area contributed by atoms with E-state index in [9.17, 15) is 9.59 Å². The van der Waals surface area contributed by atoms with Crippen LogP contribution in [0.3, 0.4) is 0 Å². The second-order valence-electron chi connectivity index (χ2n) is 9.08. The molecular weight excluding hydrogens is 336 g/mol. The Bertz CT molecular complexity index is 704. The molecule has 27 heavy (non-hydrogen) atoms. The lowest BCUT2D eigenvalue weighted by Gasteiger charge is -2.51. The van der Waals surface area contributed by atoms with Gasteiger partial charge in [0.1, 0.15) is 6.04 Å². The molecule has 2 amide bonds. The Morgan fingerprint density at radius 1 is 0.926 bits per heavy atom. The fourth-order valence-corrected chi connectivity index (χ4v) is 5.80. The quantitative estimate of drug-likeness (QED) is 0.821. The van der Waals surface area contributed by atoms with Crippen molar-refractivity contribution in [2.45, 2.75) is 63.5 Å². The van der Waals surface area contributed by atoms with Gasteiger partial charge in [0, 0.05) is 25.0 Å². The van der Waals surface area contributed by atoms with Crippen LogP contribution in [0.15, 0.2) is 30.3 Å². The molecule has 2 unspecified atom stereocenters. The monoisotopic (exact) mass is 366 g/mol. The fraction of sp³-hybridized carbons (Fsp3) is 0.652. The third-order valence-electron chi connectivity index (χ3n) is 7.39. The smallest absolute Gasteiger partial charge is 0.245 e. The van der Waals surface area contributed by atoms with Crippen LogP contribution in [0.1, 0.15) is 50.5 Å². The van der Waals surface area contributed by atoms with Crippen molar-refractivity contribution in [1.82, 2.24) is 9.80 Å². The molecule has 4 nitrogen and oxygen atoms in total. The molecule has 4 heteroatoms. The normalized spacial score (nSPS) is 34.7. The maximum atomic E-state index is 13.4. The van der Waals surface area contributed by atoms with Gasteiger partial charge in [0.25, 0.3) is 0 Å². The van der Waals surface area contributed by atoms with E-state index in [1.165, 1.54) is 5.56 Å². The summed E-state index contributed by atoms with van der Waals surface area (Å²) in [6.45, 7) is 1.77. The first-order chi connectivity index (χ1) is 13.2. The number of hydrogen-bond acceptors (Lipinski definition) is 2. The van der Waals surface area contributed by atoms with Gasteiger partial charge in [0.2, 0.25) is 11.8 Å². The summed E-state index contributed by atoms with van der Waals surface area (Å²) < 4.78 is 0. The number of hydrogen-bond donors (Lipinski definition) is 0. The van der Waals surface area contributed by atoms with Crippen LogP contribution >= 0.6 is 0 Å². The predicted molar refractivity (Wildman–Crippen MR) is 104 cm³/mol. The molecule has 0 spiro atoms. The standard InChI is InChI=1S/C23H30N2O2/c26-22(20-15-18(20)14-16-6-2-1-3-7-16)25-19-10-8-17(9-11-19)21(25)23(27)24-12-4-5-13-24/h1-3,6-7,17-21H,4-5,8-15H2/t17?,18?,19?,20?,21-/m0/s1. The van der Waals surface area contributed by atoms with Crippen LogP contribution in [0.5, 0.6) is 0 Å². The molecule has 2 aliphatic carbocycles. The van der Waals surface area contributed by atoms with Gasteiger partial charge in [-0.25, -0.2) is 0 Å². The van der Waals surface area contributed by atoms with E-state index in [1.807, 2.05) is 11.0 Å². The SMILES string of the molecule is O=C([C@@H]1C2CCC(CC2)N1C(=O)C1CC1Cc1ccccc1)N1CCCC1. The first-order valence-corrected chi connectivity index (χ1v) is 10.9. The zero-order valence-corrected chi connectivity index (χ0v) is 16.1. The van der Waals surface area contributed by atoms with Crippen LogP contribution in [0, 0.1) is 17.8 Å². The molecule has 1 aromatic rings. The van der Waals surface area contributed by atoms with E-state index in [-0.39, 0.29) is 23.8 Å². The first kappa shape index (κ1) is 17.3. The van der Waals surface area contributed by atoms with Crippen molar-refractivity contribution in [1.29, 1.82) is 0 Å². The number of amides is 2. The van der Waals surface area contributed by atoms with E-state index < -0.39 is 0 Å². The van der Waals surface area contributed by atoms with Crippen LogP contribution in [0.2, 0.25) is 0 Å². The van der Waals surface area contributed by atoms with Crippen LogP contribution in [-0.2, 0) is 16.0 Å². The third kappa shape index (κ3) is 3.17. The molecule has 5 fully saturated rings. The van der Waals surface area contributed by atoms with Crippen molar-refractivity contribution >= 4 is 11.8 Å². The highest BCUT2D eigenvalue weighted by Crippen LogP contribution is 2.47. The Morgan fingerprint density at radius 3 is 2.33 bits per heavy atom. The summed E-state index contributed by atoms with van der Waals surface area (Å²) in [4.78, 5) is 30.8. The molecule has 3 aliphatic heterocycles. The van der Waals surface area contributed by atoms with Crippen LogP contribution in [-0.4, -0.2) is 46.8 Å². The fourth-order valence-electron chi connectivity index (χ4n) is 5.80. The number of nitrogens with zero attached hydrogens (tertiary/aromatic N) is 2. The van der Waals surface area contributed by atoms with E-state index >= 15 is 0 Å². The second-order valence-corrected chi connectivity index (χ2v) is 9.08. The van der Waals surface area contributed by atoms with Gasteiger partial charge in [-0.3, -0.25) is 9.59 Å². The van der Waals surface area contributed by atoms with Gasteiger partial charge in [0.05, 0.1) is 0 Å². The lowest BCUT2D eigenvalue weighted by Crippen LogP contribution is -2.63. The minimum absolute atomic E-state index is 0.137. The topological polar surface area (TPSA) is 40.6 Å². The van der Waals surface area contributed by atoms with Crippen molar-refractivity contribution in [3.8, 4) is 0 Å². The molecular formula is C23H30N2O2. The molecule has 2 bridgehead atoms. The van der Waals surface area contributed by atoms with E-state index in [4.69, 9.17) is 0 Å². The van der Waals surface area contributed by atoms with Crippen molar-refractivity contribution in [3.05, 3.63) is 35.9 Å². The molecule has 0 radical (unpaired) electrons. The molecule has 2 saturated carbocycles. The third-order valence-corrected chi connectivity index (χ3v) is 7.39. The number of likely N-dealkylation sites (tertiary alicyclic amines) is 1. The summed E-state index contributed by atoms with van der Waals surface area (Å²) in [6.07, 6.45) is 8.64. The molecule has 6 rings (SSSR count). The van der Waals surface area contributed by atoms with E-state index in [2.05, 4.69) is 29.2 Å². The van der Waals surface area contributed by atoms with Crippen molar-refractivity contribution in [2.24, 2.45) is 17.8 Å². The molecule has 0 aromatic heterocycles. The predicted octanol–water partition coefficient (Wildman–Crippen LogP) is 3.26. The average Bonchev–Trinajstić information content (AvgIpc) is 3.26. The highest BCUT2D eigenvalue weighted by Gasteiger charge is 2.53. The van der Waals surface area contributed by atoms with Gasteiger partial charge in [-0.15, -0.1) is 0 Å². The Balaban J connectivity index is 1.31. The maximum Gasteiger partial charge on any atom is 0.245 e. The minimum Gasteiger partial charge on any atom is -0.341 e. The molecule has 3 atom stereocenters. The lowest BCUT2D eigenvalue weighted by atomic mass is 9.73. The Hall–Kier alpha value is -1.84. The zero-order valence-electron chi connectivity index (χ0n) is 16.1. The molecule has 144 valence electrons. The van der Waals surface area contributed by atoms with Gasteiger partial charge in [-0.05, 0) is 68.8 Å². The summed E-state index contributed by atoms with van der Waals surface area (Å²) in [5.74, 6) is 1.51. The van der Waals surface area contributed by atoms with Gasteiger partial charge in [-0.1, -0.05) is 30.3 Å². The number of benzene rings is 1. The summed E-state index contributed by atoms with van der Waals surface area (Å²) in [7, 11) is 0. The van der Waals surface area contributed by atoms with E-state index in [0.717, 1.165) is 64.5 Å². The maximum absolute atomic E-state index is 13.4. The molecule has 1 aromatic carbocycles. The van der Waals surface area contributed by atoms with Gasteiger partial charge < -0.3 is 9.80 Å². The summed E-state index contributed by atoms with van der Waals surface area (Å²) >= 11 is 0. The summed E-state index contributed by atoms with van der Waals surface area (Å²) in [5, 5.41) is 0. The minimum atomic E-state index is -0.166. The highest BCUT2D eigenvalue weighted by atomic mass is 16.2. The van der Waals surface area contributed by atoms with Gasteiger partial charge in [0.15, 0.2) is 0 Å². The van der Waals surface area contributed by atoms with Crippen LogP contribution in [0.4, 0.5) is 0 Å². The summed E-state index contributed by atoms with van der Waals surface area (Å²) in [5.41, 5.74) is 1.32. The van der Waals surface area contributed by atoms with Crippen molar-refractivity contribution in [3.63, 3.8) is 0 Å².